The van der Waals surface area contributed by atoms with Crippen LogP contribution in [-0.2, 0) is 6.54 Å². The zero-order chi connectivity index (χ0) is 15.1. The molecule has 1 aromatic rings. The lowest BCUT2D eigenvalue weighted by atomic mass is 9.85. The Bertz CT molecular complexity index is 444. The number of nitrogens with one attached hydrogen (secondary N) is 1. The van der Waals surface area contributed by atoms with Gasteiger partial charge < -0.3 is 15.2 Å². The van der Waals surface area contributed by atoms with Gasteiger partial charge in [0.05, 0.1) is 5.60 Å². The van der Waals surface area contributed by atoms with Crippen molar-refractivity contribution in [2.75, 3.05) is 13.2 Å². The highest BCUT2D eigenvalue weighted by Crippen LogP contribution is 2.29. The molecule has 21 heavy (non-hydrogen) atoms. The van der Waals surface area contributed by atoms with E-state index in [4.69, 9.17) is 4.74 Å². The smallest absolute Gasteiger partial charge is 0.119 e. The Hall–Kier alpha value is -0.580. The van der Waals surface area contributed by atoms with E-state index in [1.54, 1.807) is 0 Å². The second kappa shape index (κ2) is 8.16. The Balaban J connectivity index is 1.92. The van der Waals surface area contributed by atoms with Gasteiger partial charge in [-0.25, -0.2) is 0 Å². The number of rotatable bonds is 7. The van der Waals surface area contributed by atoms with Crippen LogP contribution in [0.3, 0.4) is 0 Å². The molecule has 0 bridgehead atoms. The molecular weight excluding hydrogens is 330 g/mol. The van der Waals surface area contributed by atoms with E-state index in [9.17, 15) is 5.11 Å². The summed E-state index contributed by atoms with van der Waals surface area (Å²) in [6.45, 7) is 4.40. The maximum Gasteiger partial charge on any atom is 0.119 e. The third kappa shape index (κ3) is 5.28. The summed E-state index contributed by atoms with van der Waals surface area (Å²) in [7, 11) is 0. The lowest BCUT2D eigenvalue weighted by Crippen LogP contribution is -2.37. The highest BCUT2D eigenvalue weighted by Gasteiger charge is 2.29. The Kier molecular flexibility index (Phi) is 6.52. The third-order valence-corrected chi connectivity index (χ3v) is 4.82. The van der Waals surface area contributed by atoms with E-state index in [1.807, 2.05) is 12.1 Å². The average molecular weight is 356 g/mol. The standard InChI is InChI=1S/C17H26BrNO2/c1-2-10-19-12-14-11-15(6-7-16(14)18)21-13-17(20)8-4-3-5-9-17/h6-7,11,19-20H,2-5,8-10,12-13H2,1H3. The molecule has 2 N–H and O–H groups in total. The minimum absolute atomic E-state index is 0.399. The number of halogens is 1. The SMILES string of the molecule is CCCNCc1cc(OCC2(O)CCCCC2)ccc1Br. The van der Waals surface area contributed by atoms with Gasteiger partial charge >= 0.3 is 0 Å². The van der Waals surface area contributed by atoms with Gasteiger partial charge in [0, 0.05) is 11.0 Å². The zero-order valence-electron chi connectivity index (χ0n) is 12.8. The van der Waals surface area contributed by atoms with Crippen molar-refractivity contribution in [3.63, 3.8) is 0 Å². The monoisotopic (exact) mass is 355 g/mol. The first-order chi connectivity index (χ1) is 10.1. The molecule has 118 valence electrons. The van der Waals surface area contributed by atoms with Crippen LogP contribution in [0.2, 0.25) is 0 Å². The van der Waals surface area contributed by atoms with Gasteiger partial charge in [0.25, 0.3) is 0 Å². The van der Waals surface area contributed by atoms with E-state index < -0.39 is 5.60 Å². The van der Waals surface area contributed by atoms with E-state index in [0.29, 0.717) is 6.61 Å². The van der Waals surface area contributed by atoms with Crippen molar-refractivity contribution in [3.05, 3.63) is 28.2 Å². The lowest BCUT2D eigenvalue weighted by molar-refractivity contribution is -0.0339. The maximum absolute atomic E-state index is 10.5. The van der Waals surface area contributed by atoms with E-state index in [0.717, 1.165) is 55.4 Å². The molecule has 0 amide bonds. The van der Waals surface area contributed by atoms with Crippen molar-refractivity contribution in [2.24, 2.45) is 0 Å². The molecule has 0 aliphatic heterocycles. The molecule has 0 saturated heterocycles. The van der Waals surface area contributed by atoms with Gasteiger partial charge in [0.2, 0.25) is 0 Å². The van der Waals surface area contributed by atoms with Crippen molar-refractivity contribution in [3.8, 4) is 5.75 Å². The highest BCUT2D eigenvalue weighted by atomic mass is 79.9. The summed E-state index contributed by atoms with van der Waals surface area (Å²) < 4.78 is 6.94. The Morgan fingerprint density at radius 3 is 2.76 bits per heavy atom. The van der Waals surface area contributed by atoms with Crippen molar-refractivity contribution in [2.45, 2.75) is 57.6 Å². The first kappa shape index (κ1) is 16.8. The van der Waals surface area contributed by atoms with Crippen LogP contribution in [0, 0.1) is 0 Å². The Labute approximate surface area is 136 Å². The van der Waals surface area contributed by atoms with Gasteiger partial charge in [-0.2, -0.15) is 0 Å². The average Bonchev–Trinajstić information content (AvgIpc) is 2.49. The summed E-state index contributed by atoms with van der Waals surface area (Å²) in [5, 5.41) is 13.9. The molecule has 1 aliphatic rings. The van der Waals surface area contributed by atoms with Crippen LogP contribution >= 0.6 is 15.9 Å². The molecule has 0 radical (unpaired) electrons. The molecule has 0 spiro atoms. The van der Waals surface area contributed by atoms with Gasteiger partial charge in [-0.3, -0.25) is 0 Å². The van der Waals surface area contributed by atoms with Gasteiger partial charge in [-0.1, -0.05) is 42.1 Å². The summed E-state index contributed by atoms with van der Waals surface area (Å²) in [4.78, 5) is 0. The van der Waals surface area contributed by atoms with Crippen LogP contribution in [0.4, 0.5) is 0 Å². The number of hydrogen-bond donors (Lipinski definition) is 2. The van der Waals surface area contributed by atoms with Crippen LogP contribution in [0.1, 0.15) is 51.0 Å². The fourth-order valence-corrected chi connectivity index (χ4v) is 3.13. The van der Waals surface area contributed by atoms with Crippen molar-refractivity contribution in [1.29, 1.82) is 0 Å². The maximum atomic E-state index is 10.5. The van der Waals surface area contributed by atoms with Gasteiger partial charge in [0.1, 0.15) is 12.4 Å². The first-order valence-corrected chi connectivity index (χ1v) is 8.76. The summed E-state index contributed by atoms with van der Waals surface area (Å²) in [5.74, 6) is 0.838. The number of aliphatic hydroxyl groups is 1. The Morgan fingerprint density at radius 2 is 2.05 bits per heavy atom. The fraction of sp³-hybridized carbons (Fsp3) is 0.647. The largest absolute Gasteiger partial charge is 0.491 e. The first-order valence-electron chi connectivity index (χ1n) is 7.97. The Morgan fingerprint density at radius 1 is 1.29 bits per heavy atom. The predicted octanol–water partition coefficient (Wildman–Crippen LogP) is 4.02. The van der Waals surface area contributed by atoms with Crippen LogP contribution in [0.5, 0.6) is 5.75 Å². The lowest BCUT2D eigenvalue weighted by Gasteiger charge is -2.31. The molecule has 1 fully saturated rings. The van der Waals surface area contributed by atoms with Gasteiger partial charge in [-0.15, -0.1) is 0 Å². The summed E-state index contributed by atoms with van der Waals surface area (Å²) >= 11 is 3.58. The molecule has 1 aliphatic carbocycles. The van der Waals surface area contributed by atoms with Crippen molar-refractivity contribution < 1.29 is 9.84 Å². The topological polar surface area (TPSA) is 41.5 Å². The highest BCUT2D eigenvalue weighted by molar-refractivity contribution is 9.10. The van der Waals surface area contributed by atoms with Gasteiger partial charge in [0.15, 0.2) is 0 Å². The number of ether oxygens (including phenoxy) is 1. The molecule has 3 nitrogen and oxygen atoms in total. The van der Waals surface area contributed by atoms with Crippen LogP contribution in [0.25, 0.3) is 0 Å². The van der Waals surface area contributed by atoms with E-state index in [-0.39, 0.29) is 0 Å². The second-order valence-electron chi connectivity index (χ2n) is 6.00. The molecule has 4 heteroatoms. The van der Waals surface area contributed by atoms with Gasteiger partial charge in [-0.05, 0) is 49.6 Å². The normalized spacial score (nSPS) is 17.7. The van der Waals surface area contributed by atoms with Crippen molar-refractivity contribution >= 4 is 15.9 Å². The van der Waals surface area contributed by atoms with Crippen LogP contribution in [0.15, 0.2) is 22.7 Å². The minimum Gasteiger partial charge on any atom is -0.491 e. The third-order valence-electron chi connectivity index (χ3n) is 4.05. The zero-order valence-corrected chi connectivity index (χ0v) is 14.4. The molecule has 1 saturated carbocycles. The molecule has 1 aromatic carbocycles. The molecule has 0 unspecified atom stereocenters. The van der Waals surface area contributed by atoms with Crippen LogP contribution < -0.4 is 10.1 Å². The summed E-state index contributed by atoms with van der Waals surface area (Å²) in [5.41, 5.74) is 0.558. The van der Waals surface area contributed by atoms with E-state index in [1.165, 1.54) is 12.0 Å². The molecular formula is C17H26BrNO2. The van der Waals surface area contributed by atoms with E-state index in [2.05, 4.69) is 34.2 Å². The molecule has 2 rings (SSSR count). The number of benzene rings is 1. The second-order valence-corrected chi connectivity index (χ2v) is 6.86. The number of hydrogen-bond acceptors (Lipinski definition) is 3. The predicted molar refractivity (Wildman–Crippen MR) is 89.7 cm³/mol. The molecule has 0 aromatic heterocycles. The van der Waals surface area contributed by atoms with Crippen molar-refractivity contribution in [1.82, 2.24) is 5.32 Å². The molecule has 0 atom stereocenters. The summed E-state index contributed by atoms with van der Waals surface area (Å²) in [6, 6.07) is 6.03. The fourth-order valence-electron chi connectivity index (χ4n) is 2.75. The van der Waals surface area contributed by atoms with E-state index >= 15 is 0 Å². The van der Waals surface area contributed by atoms with Crippen LogP contribution in [-0.4, -0.2) is 23.9 Å². The minimum atomic E-state index is -0.633. The molecule has 0 heterocycles. The summed E-state index contributed by atoms with van der Waals surface area (Å²) in [6.07, 6.45) is 6.27. The quantitative estimate of drug-likeness (QED) is 0.725.